The predicted octanol–water partition coefficient (Wildman–Crippen LogP) is 2.92. The second kappa shape index (κ2) is 5.83. The van der Waals surface area contributed by atoms with Crippen molar-refractivity contribution in [3.8, 4) is 0 Å². The van der Waals surface area contributed by atoms with Crippen LogP contribution in [0.2, 0.25) is 0 Å². The van der Waals surface area contributed by atoms with Gasteiger partial charge in [0, 0.05) is 49.7 Å². The minimum atomic E-state index is -0.344. The number of nitro groups is 1. The Bertz CT molecular complexity index is 622. The molecule has 1 fully saturated rings. The van der Waals surface area contributed by atoms with Crippen molar-refractivity contribution < 1.29 is 4.92 Å². The van der Waals surface area contributed by atoms with Crippen LogP contribution in [-0.4, -0.2) is 31.1 Å². The molecule has 0 N–H and O–H groups in total. The van der Waals surface area contributed by atoms with Gasteiger partial charge >= 0.3 is 0 Å². The van der Waals surface area contributed by atoms with Gasteiger partial charge in [-0.05, 0) is 18.2 Å². The molecule has 3 rings (SSSR count). The summed E-state index contributed by atoms with van der Waals surface area (Å²) in [5, 5.41) is 10.9. The SMILES string of the molecule is O=[N+]([O-])c1cccc(N2CCN(c3ccccc3)CC2)c1. The molecule has 0 aromatic heterocycles. The largest absolute Gasteiger partial charge is 0.368 e. The first-order valence-corrected chi connectivity index (χ1v) is 7.03. The zero-order valence-corrected chi connectivity index (χ0v) is 11.7. The van der Waals surface area contributed by atoms with Gasteiger partial charge < -0.3 is 9.80 Å². The lowest BCUT2D eigenvalue weighted by Crippen LogP contribution is -2.46. The summed E-state index contributed by atoms with van der Waals surface area (Å²) in [6, 6.07) is 17.2. The lowest BCUT2D eigenvalue weighted by Gasteiger charge is -2.37. The molecule has 1 saturated heterocycles. The molecule has 0 unspecified atom stereocenters. The number of benzene rings is 2. The molecule has 0 spiro atoms. The molecule has 5 nitrogen and oxygen atoms in total. The number of rotatable bonds is 3. The summed E-state index contributed by atoms with van der Waals surface area (Å²) in [4.78, 5) is 15.1. The normalized spacial score (nSPS) is 15.0. The third-order valence-corrected chi connectivity index (χ3v) is 3.81. The average molecular weight is 283 g/mol. The Morgan fingerprint density at radius 1 is 0.810 bits per heavy atom. The molecule has 1 aliphatic rings. The van der Waals surface area contributed by atoms with Gasteiger partial charge in [-0.1, -0.05) is 24.3 Å². The standard InChI is InChI=1S/C16H17N3O2/c20-19(21)16-8-4-7-15(13-16)18-11-9-17(10-12-18)14-5-2-1-3-6-14/h1-8,13H,9-12H2. The number of hydrogen-bond acceptors (Lipinski definition) is 4. The van der Waals surface area contributed by atoms with Crippen LogP contribution in [-0.2, 0) is 0 Å². The third kappa shape index (κ3) is 2.97. The fourth-order valence-electron chi connectivity index (χ4n) is 2.66. The Kier molecular flexibility index (Phi) is 3.73. The van der Waals surface area contributed by atoms with Crippen molar-refractivity contribution in [2.45, 2.75) is 0 Å². The number of nitro benzene ring substituents is 1. The van der Waals surface area contributed by atoms with Crippen molar-refractivity contribution in [3.63, 3.8) is 0 Å². The third-order valence-electron chi connectivity index (χ3n) is 3.81. The first kappa shape index (κ1) is 13.4. The van der Waals surface area contributed by atoms with Crippen LogP contribution < -0.4 is 9.80 Å². The molecule has 0 radical (unpaired) electrons. The van der Waals surface area contributed by atoms with E-state index in [2.05, 4.69) is 21.9 Å². The topological polar surface area (TPSA) is 49.6 Å². The molecule has 0 bridgehead atoms. The second-order valence-corrected chi connectivity index (χ2v) is 5.09. The van der Waals surface area contributed by atoms with E-state index in [9.17, 15) is 10.1 Å². The molecule has 0 aliphatic carbocycles. The van der Waals surface area contributed by atoms with Crippen LogP contribution in [0.3, 0.4) is 0 Å². The van der Waals surface area contributed by atoms with Crippen molar-refractivity contribution in [1.82, 2.24) is 0 Å². The summed E-state index contributed by atoms with van der Waals surface area (Å²) in [6.45, 7) is 3.59. The molecular weight excluding hydrogens is 266 g/mol. The molecule has 2 aromatic rings. The second-order valence-electron chi connectivity index (χ2n) is 5.09. The fraction of sp³-hybridized carbons (Fsp3) is 0.250. The zero-order chi connectivity index (χ0) is 14.7. The predicted molar refractivity (Wildman–Crippen MR) is 84.0 cm³/mol. The summed E-state index contributed by atoms with van der Waals surface area (Å²) in [7, 11) is 0. The van der Waals surface area contributed by atoms with E-state index in [1.54, 1.807) is 12.1 Å². The van der Waals surface area contributed by atoms with Gasteiger partial charge in [-0.15, -0.1) is 0 Å². The highest BCUT2D eigenvalue weighted by molar-refractivity contribution is 5.55. The Morgan fingerprint density at radius 3 is 2.00 bits per heavy atom. The highest BCUT2D eigenvalue weighted by atomic mass is 16.6. The van der Waals surface area contributed by atoms with Gasteiger partial charge in [0.2, 0.25) is 0 Å². The van der Waals surface area contributed by atoms with E-state index in [0.29, 0.717) is 0 Å². The van der Waals surface area contributed by atoms with E-state index >= 15 is 0 Å². The van der Waals surface area contributed by atoms with E-state index in [1.807, 2.05) is 24.3 Å². The van der Waals surface area contributed by atoms with Gasteiger partial charge in [-0.2, -0.15) is 0 Å². The maximum absolute atomic E-state index is 10.9. The van der Waals surface area contributed by atoms with Crippen LogP contribution >= 0.6 is 0 Å². The molecular formula is C16H17N3O2. The lowest BCUT2D eigenvalue weighted by atomic mass is 10.2. The van der Waals surface area contributed by atoms with Crippen LogP contribution in [0.4, 0.5) is 17.1 Å². The van der Waals surface area contributed by atoms with Gasteiger partial charge in [0.25, 0.3) is 5.69 Å². The molecule has 0 saturated carbocycles. The Morgan fingerprint density at radius 2 is 1.38 bits per heavy atom. The Labute approximate surface area is 123 Å². The van der Waals surface area contributed by atoms with E-state index < -0.39 is 0 Å². The monoisotopic (exact) mass is 283 g/mol. The quantitative estimate of drug-likeness (QED) is 0.642. The molecule has 0 atom stereocenters. The maximum Gasteiger partial charge on any atom is 0.271 e. The van der Waals surface area contributed by atoms with E-state index in [0.717, 1.165) is 31.9 Å². The number of non-ortho nitro benzene ring substituents is 1. The smallest absolute Gasteiger partial charge is 0.271 e. The van der Waals surface area contributed by atoms with E-state index in [-0.39, 0.29) is 10.6 Å². The summed E-state index contributed by atoms with van der Waals surface area (Å²) in [5.74, 6) is 0. The molecule has 108 valence electrons. The van der Waals surface area contributed by atoms with Crippen molar-refractivity contribution in [2.24, 2.45) is 0 Å². The summed E-state index contributed by atoms with van der Waals surface area (Å²) in [5.41, 5.74) is 2.31. The van der Waals surface area contributed by atoms with E-state index in [4.69, 9.17) is 0 Å². The first-order valence-electron chi connectivity index (χ1n) is 7.03. The van der Waals surface area contributed by atoms with Crippen molar-refractivity contribution >= 4 is 17.1 Å². The van der Waals surface area contributed by atoms with Crippen LogP contribution in [0.15, 0.2) is 54.6 Å². The summed E-state index contributed by atoms with van der Waals surface area (Å²) >= 11 is 0. The number of piperazine rings is 1. The van der Waals surface area contributed by atoms with Crippen molar-refractivity contribution in [3.05, 3.63) is 64.7 Å². The summed E-state index contributed by atoms with van der Waals surface area (Å²) < 4.78 is 0. The maximum atomic E-state index is 10.9. The van der Waals surface area contributed by atoms with E-state index in [1.165, 1.54) is 11.8 Å². The van der Waals surface area contributed by atoms with Crippen LogP contribution in [0.5, 0.6) is 0 Å². The van der Waals surface area contributed by atoms with Crippen LogP contribution in [0.1, 0.15) is 0 Å². The Hall–Kier alpha value is -2.56. The number of nitrogens with zero attached hydrogens (tertiary/aromatic N) is 3. The zero-order valence-electron chi connectivity index (χ0n) is 11.7. The molecule has 2 aromatic carbocycles. The molecule has 21 heavy (non-hydrogen) atoms. The number of para-hydroxylation sites is 1. The minimum absolute atomic E-state index is 0.151. The molecule has 5 heteroatoms. The van der Waals surface area contributed by atoms with Crippen LogP contribution in [0, 0.1) is 10.1 Å². The number of hydrogen-bond donors (Lipinski definition) is 0. The van der Waals surface area contributed by atoms with Gasteiger partial charge in [-0.3, -0.25) is 10.1 Å². The average Bonchev–Trinajstić information content (AvgIpc) is 2.56. The molecule has 1 heterocycles. The van der Waals surface area contributed by atoms with Gasteiger partial charge in [0.1, 0.15) is 0 Å². The molecule has 1 aliphatic heterocycles. The summed E-state index contributed by atoms with van der Waals surface area (Å²) in [6.07, 6.45) is 0. The van der Waals surface area contributed by atoms with Crippen LogP contribution in [0.25, 0.3) is 0 Å². The fourth-order valence-corrected chi connectivity index (χ4v) is 2.66. The van der Waals surface area contributed by atoms with Crippen molar-refractivity contribution in [2.75, 3.05) is 36.0 Å². The van der Waals surface area contributed by atoms with Gasteiger partial charge in [0.05, 0.1) is 4.92 Å². The van der Waals surface area contributed by atoms with Crippen molar-refractivity contribution in [1.29, 1.82) is 0 Å². The lowest BCUT2D eigenvalue weighted by molar-refractivity contribution is -0.384. The minimum Gasteiger partial charge on any atom is -0.368 e. The number of anilines is 2. The van der Waals surface area contributed by atoms with Gasteiger partial charge in [0.15, 0.2) is 0 Å². The first-order chi connectivity index (χ1) is 10.2. The Balaban J connectivity index is 1.68. The van der Waals surface area contributed by atoms with Gasteiger partial charge in [-0.25, -0.2) is 0 Å². The highest BCUT2D eigenvalue weighted by Gasteiger charge is 2.18. The molecule has 0 amide bonds. The highest BCUT2D eigenvalue weighted by Crippen LogP contribution is 2.23.